The second kappa shape index (κ2) is 5.98. The molecule has 0 saturated heterocycles. The van der Waals surface area contributed by atoms with Crippen molar-refractivity contribution in [3.8, 4) is 0 Å². The van der Waals surface area contributed by atoms with E-state index in [2.05, 4.69) is 10.3 Å². The van der Waals surface area contributed by atoms with E-state index in [1.54, 1.807) is 6.07 Å². The first-order valence-corrected chi connectivity index (χ1v) is 5.50. The molecule has 1 atom stereocenters. The van der Waals surface area contributed by atoms with E-state index in [1.807, 2.05) is 13.8 Å². The van der Waals surface area contributed by atoms with E-state index in [0.29, 0.717) is 6.54 Å². The Morgan fingerprint density at radius 2 is 2.18 bits per heavy atom. The first-order valence-electron chi connectivity index (χ1n) is 5.50. The van der Waals surface area contributed by atoms with Crippen molar-refractivity contribution >= 4 is 11.9 Å². The second-order valence-electron chi connectivity index (χ2n) is 3.88. The number of hydrogen-bond acceptors (Lipinski definition) is 3. The highest BCUT2D eigenvalue weighted by Crippen LogP contribution is 2.03. The SMILES string of the molecule is CCC(C)C(=O)NCc1ccc(C(=O)O)nc1. The predicted octanol–water partition coefficient (Wildman–Crippen LogP) is 1.44. The van der Waals surface area contributed by atoms with Crippen LogP contribution in [0.25, 0.3) is 0 Å². The lowest BCUT2D eigenvalue weighted by Gasteiger charge is -2.09. The molecule has 1 rings (SSSR count). The molecule has 0 bridgehead atoms. The number of nitrogens with one attached hydrogen (secondary N) is 1. The topological polar surface area (TPSA) is 79.3 Å². The van der Waals surface area contributed by atoms with Crippen molar-refractivity contribution in [3.05, 3.63) is 29.6 Å². The van der Waals surface area contributed by atoms with Gasteiger partial charge >= 0.3 is 5.97 Å². The van der Waals surface area contributed by atoms with Gasteiger partial charge in [0.15, 0.2) is 0 Å². The van der Waals surface area contributed by atoms with Gasteiger partial charge in [0.25, 0.3) is 0 Å². The van der Waals surface area contributed by atoms with Crippen molar-refractivity contribution < 1.29 is 14.7 Å². The van der Waals surface area contributed by atoms with Gasteiger partial charge in [0, 0.05) is 18.7 Å². The standard InChI is InChI=1S/C12H16N2O3/c1-3-8(2)11(15)14-7-9-4-5-10(12(16)17)13-6-9/h4-6,8H,3,7H2,1-2H3,(H,14,15)(H,16,17). The molecule has 1 amide bonds. The molecule has 1 heterocycles. The molecule has 5 nitrogen and oxygen atoms in total. The van der Waals surface area contributed by atoms with Crippen molar-refractivity contribution in [3.63, 3.8) is 0 Å². The van der Waals surface area contributed by atoms with Crippen molar-refractivity contribution in [2.75, 3.05) is 0 Å². The molecular weight excluding hydrogens is 220 g/mol. The van der Waals surface area contributed by atoms with Crippen molar-refractivity contribution in [2.24, 2.45) is 5.92 Å². The normalized spacial score (nSPS) is 11.9. The highest BCUT2D eigenvalue weighted by molar-refractivity contribution is 5.85. The van der Waals surface area contributed by atoms with Gasteiger partial charge in [-0.1, -0.05) is 19.9 Å². The summed E-state index contributed by atoms with van der Waals surface area (Å²) in [6.45, 7) is 4.19. The number of rotatable bonds is 5. The van der Waals surface area contributed by atoms with Gasteiger partial charge in [-0.05, 0) is 18.1 Å². The van der Waals surface area contributed by atoms with Gasteiger partial charge in [-0.3, -0.25) is 4.79 Å². The van der Waals surface area contributed by atoms with Crippen molar-refractivity contribution in [1.82, 2.24) is 10.3 Å². The number of carboxylic acids is 1. The van der Waals surface area contributed by atoms with Crippen LogP contribution in [-0.4, -0.2) is 22.0 Å². The van der Waals surface area contributed by atoms with Gasteiger partial charge in [0.05, 0.1) is 0 Å². The van der Waals surface area contributed by atoms with Crippen LogP contribution in [0.5, 0.6) is 0 Å². The number of carbonyl (C=O) groups is 2. The molecule has 0 radical (unpaired) electrons. The fourth-order valence-corrected chi connectivity index (χ4v) is 1.20. The Kier molecular flexibility index (Phi) is 4.63. The molecule has 0 saturated carbocycles. The van der Waals surface area contributed by atoms with Crippen LogP contribution >= 0.6 is 0 Å². The van der Waals surface area contributed by atoms with E-state index in [1.165, 1.54) is 12.3 Å². The third-order valence-electron chi connectivity index (χ3n) is 2.57. The highest BCUT2D eigenvalue weighted by atomic mass is 16.4. The zero-order valence-corrected chi connectivity index (χ0v) is 9.93. The molecular formula is C12H16N2O3. The average Bonchev–Trinajstić information content (AvgIpc) is 2.35. The summed E-state index contributed by atoms with van der Waals surface area (Å²) in [6.07, 6.45) is 2.25. The zero-order chi connectivity index (χ0) is 12.8. The number of aromatic nitrogens is 1. The number of carboxylic acid groups (broad SMARTS) is 1. The lowest BCUT2D eigenvalue weighted by Crippen LogP contribution is -2.28. The Morgan fingerprint density at radius 1 is 1.47 bits per heavy atom. The van der Waals surface area contributed by atoms with Crippen LogP contribution in [0.1, 0.15) is 36.3 Å². The highest BCUT2D eigenvalue weighted by Gasteiger charge is 2.10. The molecule has 1 aromatic rings. The minimum Gasteiger partial charge on any atom is -0.477 e. The molecule has 0 aliphatic carbocycles. The maximum atomic E-state index is 11.5. The number of amides is 1. The van der Waals surface area contributed by atoms with Crippen LogP contribution in [0.3, 0.4) is 0 Å². The number of aromatic carboxylic acids is 1. The molecule has 0 aromatic carbocycles. The summed E-state index contributed by atoms with van der Waals surface area (Å²) in [5, 5.41) is 11.4. The van der Waals surface area contributed by atoms with Crippen LogP contribution in [0.15, 0.2) is 18.3 Å². The molecule has 1 unspecified atom stereocenters. The fourth-order valence-electron chi connectivity index (χ4n) is 1.20. The van der Waals surface area contributed by atoms with Crippen LogP contribution in [0.2, 0.25) is 0 Å². The summed E-state index contributed by atoms with van der Waals surface area (Å²) in [5.74, 6) is -1.07. The molecule has 0 aliphatic rings. The van der Waals surface area contributed by atoms with Gasteiger partial charge in [-0.2, -0.15) is 0 Å². The molecule has 0 fully saturated rings. The first-order chi connectivity index (χ1) is 8.04. The quantitative estimate of drug-likeness (QED) is 0.810. The van der Waals surface area contributed by atoms with E-state index < -0.39 is 5.97 Å². The van der Waals surface area contributed by atoms with E-state index >= 15 is 0 Å². The van der Waals surface area contributed by atoms with Crippen LogP contribution in [0, 0.1) is 5.92 Å². The Balaban J connectivity index is 2.53. The van der Waals surface area contributed by atoms with E-state index in [9.17, 15) is 9.59 Å². The van der Waals surface area contributed by atoms with Gasteiger partial charge in [0.2, 0.25) is 5.91 Å². The minimum absolute atomic E-state index is 0.00185. The summed E-state index contributed by atoms with van der Waals surface area (Å²) in [4.78, 5) is 25.8. The molecule has 0 aliphatic heterocycles. The fraction of sp³-hybridized carbons (Fsp3) is 0.417. The molecule has 1 aromatic heterocycles. The number of carbonyl (C=O) groups excluding carboxylic acids is 1. The summed E-state index contributed by atoms with van der Waals surface area (Å²) in [5.41, 5.74) is 0.786. The average molecular weight is 236 g/mol. The van der Waals surface area contributed by atoms with Crippen molar-refractivity contribution in [1.29, 1.82) is 0 Å². The Bertz CT molecular complexity index is 401. The number of hydrogen-bond donors (Lipinski definition) is 2. The largest absolute Gasteiger partial charge is 0.477 e. The summed E-state index contributed by atoms with van der Waals surface area (Å²) in [6, 6.07) is 3.07. The maximum Gasteiger partial charge on any atom is 0.354 e. The Hall–Kier alpha value is -1.91. The predicted molar refractivity (Wildman–Crippen MR) is 62.5 cm³/mol. The molecule has 0 spiro atoms. The summed E-state index contributed by atoms with van der Waals surface area (Å²) in [7, 11) is 0. The van der Waals surface area contributed by atoms with Crippen LogP contribution in [0.4, 0.5) is 0 Å². The van der Waals surface area contributed by atoms with Crippen molar-refractivity contribution in [2.45, 2.75) is 26.8 Å². The van der Waals surface area contributed by atoms with Gasteiger partial charge in [-0.25, -0.2) is 9.78 Å². The van der Waals surface area contributed by atoms with Gasteiger partial charge < -0.3 is 10.4 Å². The molecule has 92 valence electrons. The first kappa shape index (κ1) is 13.2. The smallest absolute Gasteiger partial charge is 0.354 e. The summed E-state index contributed by atoms with van der Waals surface area (Å²) < 4.78 is 0. The van der Waals surface area contributed by atoms with Gasteiger partial charge in [0.1, 0.15) is 5.69 Å². The minimum atomic E-state index is -1.06. The van der Waals surface area contributed by atoms with E-state index in [4.69, 9.17) is 5.11 Å². The monoisotopic (exact) mass is 236 g/mol. The molecule has 2 N–H and O–H groups in total. The lowest BCUT2D eigenvalue weighted by molar-refractivity contribution is -0.124. The number of pyridine rings is 1. The molecule has 17 heavy (non-hydrogen) atoms. The van der Waals surface area contributed by atoms with E-state index in [0.717, 1.165) is 12.0 Å². The van der Waals surface area contributed by atoms with E-state index in [-0.39, 0.29) is 17.5 Å². The third kappa shape index (κ3) is 3.86. The lowest BCUT2D eigenvalue weighted by atomic mass is 10.1. The van der Waals surface area contributed by atoms with Crippen LogP contribution < -0.4 is 5.32 Å². The maximum absolute atomic E-state index is 11.5. The number of nitrogens with zero attached hydrogens (tertiary/aromatic N) is 1. The zero-order valence-electron chi connectivity index (χ0n) is 9.93. The van der Waals surface area contributed by atoms with Gasteiger partial charge in [-0.15, -0.1) is 0 Å². The third-order valence-corrected chi connectivity index (χ3v) is 2.57. The van der Waals surface area contributed by atoms with Crippen LogP contribution in [-0.2, 0) is 11.3 Å². The molecule has 5 heteroatoms. The summed E-state index contributed by atoms with van der Waals surface area (Å²) >= 11 is 0. The second-order valence-corrected chi connectivity index (χ2v) is 3.88. The Morgan fingerprint density at radius 3 is 2.65 bits per heavy atom. The Labute approximate surface area is 99.9 Å².